The number of benzene rings is 1. The molecule has 4 N–H and O–H groups in total. The molecule has 1 aromatic carbocycles. The topological polar surface area (TPSA) is 113 Å². The Morgan fingerprint density at radius 3 is 2.35 bits per heavy atom. The number of nitrogens with one attached hydrogen (secondary N) is 1. The molecule has 1 aromatic rings. The van der Waals surface area contributed by atoms with E-state index >= 15 is 0 Å². The van der Waals surface area contributed by atoms with E-state index in [4.69, 9.17) is 10.8 Å². The first kappa shape index (κ1) is 15.4. The van der Waals surface area contributed by atoms with E-state index in [1.54, 1.807) is 0 Å². The van der Waals surface area contributed by atoms with Gasteiger partial charge >= 0.3 is 18.0 Å². The predicted molar refractivity (Wildman–Crippen MR) is 67.2 cm³/mol. The van der Waals surface area contributed by atoms with Gasteiger partial charge in [0.1, 0.15) is 5.82 Å². The lowest BCUT2D eigenvalue weighted by molar-refractivity contribution is -0.137. The molecule has 1 rings (SSSR count). The van der Waals surface area contributed by atoms with E-state index < -0.39 is 30.3 Å². The molecule has 0 atom stereocenters. The van der Waals surface area contributed by atoms with Crippen molar-refractivity contribution in [3.63, 3.8) is 0 Å². The molecule has 0 bridgehead atoms. The predicted octanol–water partition coefficient (Wildman–Crippen LogP) is 0.891. The van der Waals surface area contributed by atoms with E-state index in [9.17, 15) is 18.8 Å². The van der Waals surface area contributed by atoms with Crippen LogP contribution < -0.4 is 11.1 Å². The van der Waals surface area contributed by atoms with Crippen molar-refractivity contribution >= 4 is 18.0 Å². The third kappa shape index (κ3) is 4.92. The van der Waals surface area contributed by atoms with Crippen molar-refractivity contribution in [2.24, 2.45) is 5.73 Å². The Balaban J connectivity index is 2.55. The Morgan fingerprint density at radius 1 is 1.25 bits per heavy atom. The number of carboxylic acids is 1. The molecule has 0 saturated heterocycles. The van der Waals surface area contributed by atoms with Crippen LogP contribution in [0.4, 0.5) is 14.0 Å². The molecule has 4 amide bonds. The number of hydrogen-bond acceptors (Lipinski definition) is 3. The van der Waals surface area contributed by atoms with Crippen LogP contribution in [0, 0.1) is 5.82 Å². The SMILES string of the molecule is NC(=O)N(CCC(=O)O)C(=O)NCc1ccc(F)cc1. The average molecular weight is 283 g/mol. The van der Waals surface area contributed by atoms with Gasteiger partial charge in [0.2, 0.25) is 0 Å². The van der Waals surface area contributed by atoms with E-state index in [-0.39, 0.29) is 13.1 Å². The third-order valence-corrected chi connectivity index (χ3v) is 2.42. The summed E-state index contributed by atoms with van der Waals surface area (Å²) < 4.78 is 12.7. The molecule has 0 aromatic heterocycles. The molecule has 0 saturated carbocycles. The molecule has 0 aliphatic rings. The van der Waals surface area contributed by atoms with Crippen molar-refractivity contribution < 1.29 is 23.9 Å². The Morgan fingerprint density at radius 2 is 1.85 bits per heavy atom. The number of hydrogen-bond donors (Lipinski definition) is 3. The van der Waals surface area contributed by atoms with E-state index in [1.165, 1.54) is 24.3 Å². The standard InChI is InChI=1S/C12H14FN3O4/c13-9-3-1-8(2-4-9)7-15-12(20)16(11(14)19)6-5-10(17)18/h1-4H,5-7H2,(H2,14,19)(H,15,20)(H,17,18). The van der Waals surface area contributed by atoms with Gasteiger partial charge in [-0.3, -0.25) is 4.79 Å². The quantitative estimate of drug-likeness (QED) is 0.744. The Bertz CT molecular complexity index is 504. The zero-order chi connectivity index (χ0) is 15.1. The number of aliphatic carboxylic acids is 1. The number of carbonyl (C=O) groups is 3. The van der Waals surface area contributed by atoms with Gasteiger partial charge in [-0.15, -0.1) is 0 Å². The summed E-state index contributed by atoms with van der Waals surface area (Å²) in [6.45, 7) is -0.254. The van der Waals surface area contributed by atoms with Gasteiger partial charge in [0.25, 0.3) is 0 Å². The van der Waals surface area contributed by atoms with Crippen LogP contribution in [0.3, 0.4) is 0 Å². The summed E-state index contributed by atoms with van der Waals surface area (Å²) in [7, 11) is 0. The fraction of sp³-hybridized carbons (Fsp3) is 0.250. The lowest BCUT2D eigenvalue weighted by Gasteiger charge is -2.18. The van der Waals surface area contributed by atoms with Crippen LogP contribution in [0.15, 0.2) is 24.3 Å². The zero-order valence-corrected chi connectivity index (χ0v) is 10.5. The van der Waals surface area contributed by atoms with Crippen LogP contribution in [0.5, 0.6) is 0 Å². The molecule has 7 nitrogen and oxygen atoms in total. The Kier molecular flexibility index (Phi) is 5.45. The van der Waals surface area contributed by atoms with Crippen molar-refractivity contribution in [2.75, 3.05) is 6.54 Å². The van der Waals surface area contributed by atoms with Crippen LogP contribution in [0.2, 0.25) is 0 Å². The summed E-state index contributed by atoms with van der Waals surface area (Å²) in [5.41, 5.74) is 5.62. The van der Waals surface area contributed by atoms with Crippen LogP contribution in [-0.2, 0) is 11.3 Å². The molecule has 0 fully saturated rings. The molecule has 0 heterocycles. The number of carboxylic acid groups (broad SMARTS) is 1. The van der Waals surface area contributed by atoms with E-state index in [1.807, 2.05) is 0 Å². The van der Waals surface area contributed by atoms with Crippen LogP contribution in [0.1, 0.15) is 12.0 Å². The summed E-state index contributed by atoms with van der Waals surface area (Å²) in [6, 6.07) is 3.57. The van der Waals surface area contributed by atoms with Gasteiger partial charge in [0, 0.05) is 13.1 Å². The fourth-order valence-corrected chi connectivity index (χ4v) is 1.39. The van der Waals surface area contributed by atoms with Crippen molar-refractivity contribution in [2.45, 2.75) is 13.0 Å². The minimum atomic E-state index is -1.15. The molecule has 0 radical (unpaired) electrons. The third-order valence-electron chi connectivity index (χ3n) is 2.42. The van der Waals surface area contributed by atoms with Crippen molar-refractivity contribution in [3.05, 3.63) is 35.6 Å². The largest absolute Gasteiger partial charge is 0.481 e. The summed E-state index contributed by atoms with van der Waals surface area (Å²) in [6.07, 6.45) is -0.396. The Labute approximate surface area is 114 Å². The number of halogens is 1. The molecule has 8 heteroatoms. The van der Waals surface area contributed by atoms with Crippen molar-refractivity contribution in [1.29, 1.82) is 0 Å². The summed E-state index contributed by atoms with van der Waals surface area (Å²) in [5.74, 6) is -1.55. The lowest BCUT2D eigenvalue weighted by Crippen LogP contribution is -2.47. The van der Waals surface area contributed by atoms with Crippen LogP contribution >= 0.6 is 0 Å². The summed E-state index contributed by atoms with van der Waals surface area (Å²) in [5, 5.41) is 10.9. The van der Waals surface area contributed by atoms with Gasteiger partial charge in [-0.2, -0.15) is 0 Å². The van der Waals surface area contributed by atoms with E-state index in [0.717, 1.165) is 0 Å². The second kappa shape index (κ2) is 7.07. The summed E-state index contributed by atoms with van der Waals surface area (Å²) in [4.78, 5) is 33.7. The highest BCUT2D eigenvalue weighted by molar-refractivity contribution is 5.93. The number of carbonyl (C=O) groups excluding carboxylic acids is 2. The number of nitrogens with two attached hydrogens (primary N) is 1. The highest BCUT2D eigenvalue weighted by Gasteiger charge is 2.19. The zero-order valence-electron chi connectivity index (χ0n) is 10.5. The minimum Gasteiger partial charge on any atom is -0.481 e. The number of urea groups is 2. The van der Waals surface area contributed by atoms with E-state index in [2.05, 4.69) is 5.32 Å². The second-order valence-corrected chi connectivity index (χ2v) is 3.92. The molecule has 0 aliphatic heterocycles. The highest BCUT2D eigenvalue weighted by atomic mass is 19.1. The average Bonchev–Trinajstić information content (AvgIpc) is 2.37. The number of rotatable bonds is 5. The van der Waals surface area contributed by atoms with E-state index in [0.29, 0.717) is 10.5 Å². The van der Waals surface area contributed by atoms with Gasteiger partial charge < -0.3 is 16.2 Å². The van der Waals surface area contributed by atoms with Crippen molar-refractivity contribution in [1.82, 2.24) is 10.2 Å². The first-order chi connectivity index (χ1) is 9.40. The highest BCUT2D eigenvalue weighted by Crippen LogP contribution is 2.02. The van der Waals surface area contributed by atoms with Gasteiger partial charge in [0.15, 0.2) is 0 Å². The first-order valence-corrected chi connectivity index (χ1v) is 5.71. The number of nitrogens with zero attached hydrogens (tertiary/aromatic N) is 1. The minimum absolute atomic E-state index is 0.0654. The van der Waals surface area contributed by atoms with Crippen molar-refractivity contribution in [3.8, 4) is 0 Å². The Hall–Kier alpha value is -2.64. The van der Waals surface area contributed by atoms with Gasteiger partial charge in [-0.05, 0) is 17.7 Å². The monoisotopic (exact) mass is 283 g/mol. The van der Waals surface area contributed by atoms with Gasteiger partial charge in [0.05, 0.1) is 6.42 Å². The van der Waals surface area contributed by atoms with Gasteiger partial charge in [-0.1, -0.05) is 12.1 Å². The number of amides is 4. The molecule has 108 valence electrons. The number of imide groups is 1. The molecule has 0 spiro atoms. The lowest BCUT2D eigenvalue weighted by atomic mass is 10.2. The maximum Gasteiger partial charge on any atom is 0.325 e. The molecule has 20 heavy (non-hydrogen) atoms. The normalized spacial score (nSPS) is 9.85. The molecule has 0 aliphatic carbocycles. The van der Waals surface area contributed by atoms with Crippen LogP contribution in [0.25, 0.3) is 0 Å². The molecular formula is C12H14FN3O4. The maximum atomic E-state index is 12.7. The fourth-order valence-electron chi connectivity index (χ4n) is 1.39. The maximum absolute atomic E-state index is 12.7. The smallest absolute Gasteiger partial charge is 0.325 e. The van der Waals surface area contributed by atoms with Crippen LogP contribution in [-0.4, -0.2) is 34.6 Å². The number of primary amides is 1. The molecular weight excluding hydrogens is 269 g/mol. The summed E-state index contributed by atoms with van der Waals surface area (Å²) >= 11 is 0. The molecule has 0 unspecified atom stereocenters. The first-order valence-electron chi connectivity index (χ1n) is 5.71. The van der Waals surface area contributed by atoms with Gasteiger partial charge in [-0.25, -0.2) is 18.9 Å². The second-order valence-electron chi connectivity index (χ2n) is 3.92.